The van der Waals surface area contributed by atoms with Crippen LogP contribution in [0.1, 0.15) is 11.1 Å². The normalized spacial score (nSPS) is 11.0. The maximum absolute atomic E-state index is 5.94. The molecule has 1 aromatic heterocycles. The van der Waals surface area contributed by atoms with Gasteiger partial charge in [0.25, 0.3) is 0 Å². The Hall–Kier alpha value is -2.66. The Kier molecular flexibility index (Phi) is 4.46. The van der Waals surface area contributed by atoms with Gasteiger partial charge in [-0.1, -0.05) is 23.7 Å². The zero-order chi connectivity index (χ0) is 15.2. The molecular formula is C16H13ClN4O. The monoisotopic (exact) mass is 312 g/mol. The standard InChI is InChI=1S/C16H13ClN4O/c17-15-3-1-2-14(8-15)10-22-16-6-4-13(5-7-16)9-20-21-11-18-19-12-21/h1-9,11-12H,10H2/b20-9-. The quantitative estimate of drug-likeness (QED) is 0.679. The number of rotatable bonds is 5. The Balaban J connectivity index is 1.59. The van der Waals surface area contributed by atoms with Crippen LogP contribution in [0.2, 0.25) is 5.02 Å². The molecular weight excluding hydrogens is 300 g/mol. The van der Waals surface area contributed by atoms with E-state index in [0.717, 1.165) is 16.9 Å². The van der Waals surface area contributed by atoms with Crippen LogP contribution in [-0.4, -0.2) is 21.1 Å². The molecule has 0 aliphatic carbocycles. The van der Waals surface area contributed by atoms with Crippen molar-refractivity contribution >= 4 is 17.8 Å². The van der Waals surface area contributed by atoms with E-state index in [4.69, 9.17) is 16.3 Å². The average Bonchev–Trinajstić information content (AvgIpc) is 3.05. The van der Waals surface area contributed by atoms with Crippen LogP contribution < -0.4 is 4.74 Å². The first-order chi connectivity index (χ1) is 10.8. The molecule has 0 aliphatic rings. The Morgan fingerprint density at radius 2 is 1.86 bits per heavy atom. The van der Waals surface area contributed by atoms with Crippen LogP contribution >= 0.6 is 11.6 Å². The highest BCUT2D eigenvalue weighted by atomic mass is 35.5. The van der Waals surface area contributed by atoms with Gasteiger partial charge in [0.1, 0.15) is 25.0 Å². The zero-order valence-electron chi connectivity index (χ0n) is 11.6. The molecule has 6 heteroatoms. The highest BCUT2D eigenvalue weighted by Gasteiger charge is 1.97. The van der Waals surface area contributed by atoms with Gasteiger partial charge in [-0.25, -0.2) is 4.68 Å². The lowest BCUT2D eigenvalue weighted by Crippen LogP contribution is -1.95. The molecule has 2 aromatic carbocycles. The molecule has 0 fully saturated rings. The summed E-state index contributed by atoms with van der Waals surface area (Å²) in [6, 6.07) is 15.3. The molecule has 5 nitrogen and oxygen atoms in total. The number of hydrogen-bond donors (Lipinski definition) is 0. The molecule has 110 valence electrons. The van der Waals surface area contributed by atoms with Gasteiger partial charge in [0, 0.05) is 5.02 Å². The van der Waals surface area contributed by atoms with Crippen LogP contribution in [0.4, 0.5) is 0 Å². The zero-order valence-corrected chi connectivity index (χ0v) is 12.4. The second kappa shape index (κ2) is 6.87. The topological polar surface area (TPSA) is 52.3 Å². The van der Waals surface area contributed by atoms with E-state index in [9.17, 15) is 0 Å². The van der Waals surface area contributed by atoms with E-state index in [2.05, 4.69) is 15.3 Å². The maximum atomic E-state index is 5.94. The number of halogens is 1. The molecule has 0 atom stereocenters. The summed E-state index contributed by atoms with van der Waals surface area (Å²) in [5.74, 6) is 0.793. The molecule has 0 saturated carbocycles. The third-order valence-corrected chi connectivity index (χ3v) is 3.16. The molecule has 0 bridgehead atoms. The lowest BCUT2D eigenvalue weighted by atomic mass is 10.2. The summed E-state index contributed by atoms with van der Waals surface area (Å²) in [5, 5.41) is 12.2. The lowest BCUT2D eigenvalue weighted by Gasteiger charge is -2.06. The van der Waals surface area contributed by atoms with Crippen molar-refractivity contribution in [3.8, 4) is 5.75 Å². The molecule has 0 amide bonds. The van der Waals surface area contributed by atoms with E-state index in [1.54, 1.807) is 6.21 Å². The fraction of sp³-hybridized carbons (Fsp3) is 0.0625. The first kappa shape index (κ1) is 14.3. The largest absolute Gasteiger partial charge is 0.489 e. The average molecular weight is 313 g/mol. The van der Waals surface area contributed by atoms with Crippen molar-refractivity contribution in [2.45, 2.75) is 6.61 Å². The summed E-state index contributed by atoms with van der Waals surface area (Å²) in [6.07, 6.45) is 4.78. The molecule has 1 heterocycles. The smallest absolute Gasteiger partial charge is 0.141 e. The molecule has 3 rings (SSSR count). The summed E-state index contributed by atoms with van der Waals surface area (Å²) in [4.78, 5) is 0. The molecule has 22 heavy (non-hydrogen) atoms. The predicted octanol–water partition coefficient (Wildman–Crippen LogP) is 3.39. The first-order valence-electron chi connectivity index (χ1n) is 6.66. The van der Waals surface area contributed by atoms with Gasteiger partial charge in [0.05, 0.1) is 6.21 Å². The van der Waals surface area contributed by atoms with Gasteiger partial charge >= 0.3 is 0 Å². The van der Waals surface area contributed by atoms with Crippen LogP contribution in [-0.2, 0) is 6.61 Å². The molecule has 0 unspecified atom stereocenters. The van der Waals surface area contributed by atoms with Gasteiger partial charge < -0.3 is 4.74 Å². The van der Waals surface area contributed by atoms with E-state index in [1.165, 1.54) is 17.3 Å². The summed E-state index contributed by atoms with van der Waals surface area (Å²) < 4.78 is 7.26. The van der Waals surface area contributed by atoms with Crippen LogP contribution in [0.5, 0.6) is 5.75 Å². The van der Waals surface area contributed by atoms with Crippen LogP contribution in [0.25, 0.3) is 0 Å². The molecule has 0 saturated heterocycles. The molecule has 3 aromatic rings. The van der Waals surface area contributed by atoms with Gasteiger partial charge in [0.15, 0.2) is 0 Å². The van der Waals surface area contributed by atoms with Gasteiger partial charge in [-0.2, -0.15) is 5.10 Å². The van der Waals surface area contributed by atoms with Gasteiger partial charge in [-0.3, -0.25) is 0 Å². The summed E-state index contributed by atoms with van der Waals surface area (Å²) >= 11 is 5.94. The Labute approximate surface area is 132 Å². The summed E-state index contributed by atoms with van der Waals surface area (Å²) in [5.41, 5.74) is 1.99. The number of aromatic nitrogens is 3. The van der Waals surface area contributed by atoms with E-state index < -0.39 is 0 Å². The van der Waals surface area contributed by atoms with Crippen molar-refractivity contribution in [1.29, 1.82) is 0 Å². The van der Waals surface area contributed by atoms with Crippen molar-refractivity contribution < 1.29 is 4.74 Å². The number of benzene rings is 2. The number of nitrogens with zero attached hydrogens (tertiary/aromatic N) is 4. The van der Waals surface area contributed by atoms with E-state index in [-0.39, 0.29) is 0 Å². The summed E-state index contributed by atoms with van der Waals surface area (Å²) in [7, 11) is 0. The Bertz CT molecular complexity index is 754. The number of hydrogen-bond acceptors (Lipinski definition) is 4. The van der Waals surface area contributed by atoms with Crippen LogP contribution in [0.3, 0.4) is 0 Å². The highest BCUT2D eigenvalue weighted by Crippen LogP contribution is 2.15. The third-order valence-electron chi connectivity index (χ3n) is 2.92. The predicted molar refractivity (Wildman–Crippen MR) is 85.2 cm³/mol. The third kappa shape index (κ3) is 3.93. The minimum Gasteiger partial charge on any atom is -0.489 e. The molecule has 0 radical (unpaired) electrons. The van der Waals surface area contributed by atoms with Crippen molar-refractivity contribution in [2.24, 2.45) is 5.10 Å². The fourth-order valence-corrected chi connectivity index (χ4v) is 2.04. The maximum Gasteiger partial charge on any atom is 0.141 e. The van der Waals surface area contributed by atoms with Crippen LogP contribution in [0, 0.1) is 0 Å². The fourth-order valence-electron chi connectivity index (χ4n) is 1.83. The Morgan fingerprint density at radius 3 is 2.59 bits per heavy atom. The van der Waals surface area contributed by atoms with Crippen molar-refractivity contribution in [3.05, 3.63) is 77.3 Å². The minimum atomic E-state index is 0.481. The first-order valence-corrected chi connectivity index (χ1v) is 7.04. The highest BCUT2D eigenvalue weighted by molar-refractivity contribution is 6.30. The van der Waals surface area contributed by atoms with Crippen molar-refractivity contribution in [1.82, 2.24) is 14.9 Å². The molecule has 0 spiro atoms. The Morgan fingerprint density at radius 1 is 1.09 bits per heavy atom. The van der Waals surface area contributed by atoms with Gasteiger partial charge in [0.2, 0.25) is 0 Å². The molecule has 0 aliphatic heterocycles. The second-order valence-electron chi connectivity index (χ2n) is 4.57. The van der Waals surface area contributed by atoms with E-state index in [1.807, 2.05) is 48.5 Å². The summed E-state index contributed by atoms with van der Waals surface area (Å²) in [6.45, 7) is 0.481. The second-order valence-corrected chi connectivity index (χ2v) is 5.01. The minimum absolute atomic E-state index is 0.481. The lowest BCUT2D eigenvalue weighted by molar-refractivity contribution is 0.306. The van der Waals surface area contributed by atoms with E-state index in [0.29, 0.717) is 11.6 Å². The van der Waals surface area contributed by atoms with Crippen molar-refractivity contribution in [3.63, 3.8) is 0 Å². The number of ether oxygens (including phenoxy) is 1. The van der Waals surface area contributed by atoms with Gasteiger partial charge in [-0.05, 0) is 47.5 Å². The van der Waals surface area contributed by atoms with E-state index >= 15 is 0 Å². The van der Waals surface area contributed by atoms with Crippen molar-refractivity contribution in [2.75, 3.05) is 0 Å². The van der Waals surface area contributed by atoms with Gasteiger partial charge in [-0.15, -0.1) is 10.2 Å². The molecule has 0 N–H and O–H groups in total. The SMILES string of the molecule is Clc1cccc(COc2ccc(/C=N\n3cnnc3)cc2)c1. The van der Waals surface area contributed by atoms with Crippen LogP contribution in [0.15, 0.2) is 66.3 Å².